The minimum atomic E-state index is -0.813. The van der Waals surface area contributed by atoms with Gasteiger partial charge in [-0.25, -0.2) is 0 Å². The summed E-state index contributed by atoms with van der Waals surface area (Å²) >= 11 is 0. The Morgan fingerprint density at radius 1 is 1.45 bits per heavy atom. The molecule has 2 rings (SSSR count). The highest BCUT2D eigenvalue weighted by atomic mass is 16.5. The van der Waals surface area contributed by atoms with Crippen LogP contribution in [0.4, 0.5) is 0 Å². The average Bonchev–Trinajstić information content (AvgIpc) is 2.81. The van der Waals surface area contributed by atoms with Gasteiger partial charge in [0.15, 0.2) is 0 Å². The summed E-state index contributed by atoms with van der Waals surface area (Å²) in [5, 5.41) is 12.7. The first kappa shape index (κ1) is 15.7. The molecule has 3 atom stereocenters. The lowest BCUT2D eigenvalue weighted by Crippen LogP contribution is -2.53. The van der Waals surface area contributed by atoms with E-state index in [0.29, 0.717) is 19.4 Å². The molecule has 5 heteroatoms. The zero-order valence-electron chi connectivity index (χ0n) is 12.6. The third-order valence-electron chi connectivity index (χ3n) is 4.24. The van der Waals surface area contributed by atoms with Crippen molar-refractivity contribution in [2.75, 3.05) is 13.2 Å². The molecular formula is C15H27NO4. The van der Waals surface area contributed by atoms with E-state index in [4.69, 9.17) is 9.47 Å². The van der Waals surface area contributed by atoms with Gasteiger partial charge in [0.05, 0.1) is 18.8 Å². The van der Waals surface area contributed by atoms with Crippen LogP contribution < -0.4 is 5.32 Å². The fourth-order valence-corrected chi connectivity index (χ4v) is 3.26. The largest absolute Gasteiger partial charge is 0.480 e. The van der Waals surface area contributed by atoms with Gasteiger partial charge in [-0.3, -0.25) is 10.1 Å². The third kappa shape index (κ3) is 3.93. The number of ether oxygens (including phenoxy) is 2. The molecule has 0 spiro atoms. The van der Waals surface area contributed by atoms with Crippen LogP contribution in [-0.2, 0) is 14.3 Å². The molecular weight excluding hydrogens is 258 g/mol. The highest BCUT2D eigenvalue weighted by Crippen LogP contribution is 2.33. The molecule has 3 unspecified atom stereocenters. The Morgan fingerprint density at radius 2 is 2.25 bits per heavy atom. The van der Waals surface area contributed by atoms with Crippen LogP contribution >= 0.6 is 0 Å². The predicted molar refractivity (Wildman–Crippen MR) is 75.8 cm³/mol. The van der Waals surface area contributed by atoms with Crippen LogP contribution in [0, 0.1) is 0 Å². The molecule has 0 aromatic carbocycles. The van der Waals surface area contributed by atoms with Gasteiger partial charge in [-0.05, 0) is 46.0 Å². The van der Waals surface area contributed by atoms with E-state index in [-0.39, 0.29) is 18.2 Å². The molecule has 0 aromatic heterocycles. The minimum absolute atomic E-state index is 0.0304. The van der Waals surface area contributed by atoms with Gasteiger partial charge in [0.1, 0.15) is 5.54 Å². The van der Waals surface area contributed by atoms with Crippen molar-refractivity contribution in [1.82, 2.24) is 5.32 Å². The summed E-state index contributed by atoms with van der Waals surface area (Å²) < 4.78 is 11.5. The SMILES string of the molecule is CC(C)NC1(C(=O)O)CCC(OCC2CCCCO2)C1. The Labute approximate surface area is 121 Å². The molecule has 2 aliphatic rings. The van der Waals surface area contributed by atoms with Gasteiger partial charge in [-0.2, -0.15) is 0 Å². The van der Waals surface area contributed by atoms with Crippen molar-refractivity contribution < 1.29 is 19.4 Å². The molecule has 1 saturated carbocycles. The zero-order chi connectivity index (χ0) is 14.6. The van der Waals surface area contributed by atoms with Crippen molar-refractivity contribution in [2.45, 2.75) is 76.2 Å². The molecule has 0 bridgehead atoms. The number of nitrogens with one attached hydrogen (secondary N) is 1. The Morgan fingerprint density at radius 3 is 2.85 bits per heavy atom. The monoisotopic (exact) mass is 285 g/mol. The lowest BCUT2D eigenvalue weighted by atomic mass is 9.96. The molecule has 1 heterocycles. The number of carboxylic acids is 1. The standard InChI is InChI=1S/C15H27NO4/c1-11(2)16-15(14(17)18)7-6-12(9-15)20-10-13-5-3-4-8-19-13/h11-13,16H,3-10H2,1-2H3,(H,17,18). The topological polar surface area (TPSA) is 67.8 Å². The number of carboxylic acid groups (broad SMARTS) is 1. The van der Waals surface area contributed by atoms with E-state index in [1.54, 1.807) is 0 Å². The van der Waals surface area contributed by atoms with Gasteiger partial charge in [-0.15, -0.1) is 0 Å². The Bertz CT molecular complexity index is 328. The fourth-order valence-electron chi connectivity index (χ4n) is 3.26. The van der Waals surface area contributed by atoms with Crippen molar-refractivity contribution in [3.63, 3.8) is 0 Å². The highest BCUT2D eigenvalue weighted by molar-refractivity contribution is 5.79. The van der Waals surface area contributed by atoms with E-state index < -0.39 is 11.5 Å². The molecule has 0 aromatic rings. The van der Waals surface area contributed by atoms with Crippen molar-refractivity contribution in [3.05, 3.63) is 0 Å². The molecule has 1 aliphatic heterocycles. The van der Waals surface area contributed by atoms with Crippen molar-refractivity contribution in [3.8, 4) is 0 Å². The van der Waals surface area contributed by atoms with Gasteiger partial charge in [0.25, 0.3) is 0 Å². The first-order chi connectivity index (χ1) is 9.52. The second kappa shape index (κ2) is 6.87. The lowest BCUT2D eigenvalue weighted by Gasteiger charge is -2.29. The van der Waals surface area contributed by atoms with E-state index in [1.165, 1.54) is 6.42 Å². The minimum Gasteiger partial charge on any atom is -0.480 e. The molecule has 0 amide bonds. The number of aliphatic carboxylic acids is 1. The van der Waals surface area contributed by atoms with E-state index in [2.05, 4.69) is 5.32 Å². The van der Waals surface area contributed by atoms with Crippen LogP contribution in [0.25, 0.3) is 0 Å². The maximum Gasteiger partial charge on any atom is 0.324 e. The predicted octanol–water partition coefficient (Wildman–Crippen LogP) is 1.95. The number of hydrogen-bond donors (Lipinski definition) is 2. The Balaban J connectivity index is 1.81. The first-order valence-corrected chi connectivity index (χ1v) is 7.76. The number of rotatable bonds is 6. The van der Waals surface area contributed by atoms with Gasteiger partial charge < -0.3 is 14.6 Å². The number of hydrogen-bond acceptors (Lipinski definition) is 4. The van der Waals surface area contributed by atoms with Gasteiger partial charge in [0.2, 0.25) is 0 Å². The van der Waals surface area contributed by atoms with Crippen LogP contribution in [-0.4, -0.2) is 48.1 Å². The molecule has 2 fully saturated rings. The van der Waals surface area contributed by atoms with Gasteiger partial charge >= 0.3 is 5.97 Å². The van der Waals surface area contributed by atoms with Crippen molar-refractivity contribution >= 4 is 5.97 Å². The summed E-state index contributed by atoms with van der Waals surface area (Å²) in [6, 6.07) is 0.159. The fraction of sp³-hybridized carbons (Fsp3) is 0.933. The normalized spacial score (nSPS) is 34.5. The second-order valence-electron chi connectivity index (χ2n) is 6.37. The molecule has 1 saturated heterocycles. The number of carbonyl (C=O) groups is 1. The van der Waals surface area contributed by atoms with Crippen molar-refractivity contribution in [2.24, 2.45) is 0 Å². The Kier molecular flexibility index (Phi) is 5.41. The van der Waals surface area contributed by atoms with E-state index >= 15 is 0 Å². The second-order valence-corrected chi connectivity index (χ2v) is 6.37. The molecule has 2 N–H and O–H groups in total. The van der Waals surface area contributed by atoms with Crippen LogP contribution in [0.2, 0.25) is 0 Å². The highest BCUT2D eigenvalue weighted by Gasteiger charge is 2.46. The summed E-state index contributed by atoms with van der Waals surface area (Å²) in [5.74, 6) is -0.758. The summed E-state index contributed by atoms with van der Waals surface area (Å²) in [4.78, 5) is 11.6. The zero-order valence-corrected chi connectivity index (χ0v) is 12.6. The molecule has 0 radical (unpaired) electrons. The van der Waals surface area contributed by atoms with E-state index in [1.807, 2.05) is 13.8 Å². The van der Waals surface area contributed by atoms with Crippen LogP contribution in [0.5, 0.6) is 0 Å². The molecule has 116 valence electrons. The maximum atomic E-state index is 11.6. The average molecular weight is 285 g/mol. The smallest absolute Gasteiger partial charge is 0.324 e. The summed E-state index contributed by atoms with van der Waals surface area (Å²) in [7, 11) is 0. The third-order valence-corrected chi connectivity index (χ3v) is 4.24. The molecule has 1 aliphatic carbocycles. The van der Waals surface area contributed by atoms with Gasteiger partial charge in [-0.1, -0.05) is 0 Å². The van der Waals surface area contributed by atoms with Crippen molar-refractivity contribution in [1.29, 1.82) is 0 Å². The van der Waals surface area contributed by atoms with Crippen LogP contribution in [0.15, 0.2) is 0 Å². The van der Waals surface area contributed by atoms with Crippen LogP contribution in [0.3, 0.4) is 0 Å². The maximum absolute atomic E-state index is 11.6. The lowest BCUT2D eigenvalue weighted by molar-refractivity contribution is -0.145. The van der Waals surface area contributed by atoms with E-state index in [9.17, 15) is 9.90 Å². The summed E-state index contributed by atoms with van der Waals surface area (Å²) in [6.07, 6.45) is 5.61. The first-order valence-electron chi connectivity index (χ1n) is 7.76. The van der Waals surface area contributed by atoms with Gasteiger partial charge in [0, 0.05) is 19.1 Å². The molecule has 20 heavy (non-hydrogen) atoms. The molecule has 5 nitrogen and oxygen atoms in total. The summed E-state index contributed by atoms with van der Waals surface area (Å²) in [5.41, 5.74) is -0.813. The quantitative estimate of drug-likeness (QED) is 0.780. The Hall–Kier alpha value is -0.650. The van der Waals surface area contributed by atoms with Crippen LogP contribution in [0.1, 0.15) is 52.4 Å². The van der Waals surface area contributed by atoms with E-state index in [0.717, 1.165) is 25.9 Å². The summed E-state index contributed by atoms with van der Waals surface area (Å²) in [6.45, 7) is 5.39.